The van der Waals surface area contributed by atoms with Crippen LogP contribution in [0.4, 0.5) is 4.39 Å². The van der Waals surface area contributed by atoms with Gasteiger partial charge in [0.2, 0.25) is 0 Å². The monoisotopic (exact) mass is 381 g/mol. The molecule has 0 spiro atoms. The van der Waals surface area contributed by atoms with E-state index in [-0.39, 0.29) is 36.7 Å². The molecule has 1 aliphatic rings. The third kappa shape index (κ3) is 3.85. The summed E-state index contributed by atoms with van der Waals surface area (Å²) in [5, 5.41) is -0.340. The molecule has 3 rings (SSSR count). The van der Waals surface area contributed by atoms with E-state index in [1.807, 2.05) is 0 Å². The largest absolute Gasteiger partial charge is 0.338 e. The van der Waals surface area contributed by atoms with E-state index in [0.717, 1.165) is 6.07 Å². The summed E-state index contributed by atoms with van der Waals surface area (Å²) in [5.74, 6) is -1.01. The van der Waals surface area contributed by atoms with Crippen LogP contribution in [-0.2, 0) is 9.84 Å². The van der Waals surface area contributed by atoms with Crippen LogP contribution in [-0.4, -0.2) is 38.1 Å². The zero-order chi connectivity index (χ0) is 18.0. The molecule has 2 aromatic carbocycles. The van der Waals surface area contributed by atoms with E-state index in [2.05, 4.69) is 0 Å². The number of halogens is 2. The lowest BCUT2D eigenvalue weighted by Gasteiger charge is -2.20. The average Bonchev–Trinajstić information content (AvgIpc) is 2.73. The molecule has 1 amide bonds. The average molecular weight is 382 g/mol. The number of sulfone groups is 1. The molecule has 7 heteroatoms. The van der Waals surface area contributed by atoms with Gasteiger partial charge in [-0.1, -0.05) is 35.9 Å². The Bertz CT molecular complexity index is 901. The summed E-state index contributed by atoms with van der Waals surface area (Å²) in [7, 11) is -3.44. The lowest BCUT2D eigenvalue weighted by molar-refractivity contribution is 0.0766. The van der Waals surface area contributed by atoms with E-state index >= 15 is 0 Å². The molecule has 1 atom stereocenters. The van der Waals surface area contributed by atoms with Crippen molar-refractivity contribution in [2.75, 3.05) is 18.8 Å². The van der Waals surface area contributed by atoms with Gasteiger partial charge in [0, 0.05) is 23.7 Å². The summed E-state index contributed by atoms with van der Waals surface area (Å²) in [6, 6.07) is 12.3. The SMILES string of the molecule is O=C(c1cccc(F)c1)N1CCC(c2ccccc2Cl)S(=O)(=O)CC1. The van der Waals surface area contributed by atoms with Crippen LogP contribution in [0.3, 0.4) is 0 Å². The number of amides is 1. The van der Waals surface area contributed by atoms with Gasteiger partial charge in [-0.25, -0.2) is 12.8 Å². The predicted molar refractivity (Wildman–Crippen MR) is 94.9 cm³/mol. The maximum absolute atomic E-state index is 13.3. The zero-order valence-corrected chi connectivity index (χ0v) is 14.9. The quantitative estimate of drug-likeness (QED) is 0.800. The van der Waals surface area contributed by atoms with Crippen molar-refractivity contribution in [3.63, 3.8) is 0 Å². The van der Waals surface area contributed by atoms with Gasteiger partial charge in [-0.15, -0.1) is 0 Å². The molecule has 25 heavy (non-hydrogen) atoms. The first-order valence-electron chi connectivity index (χ1n) is 7.89. The topological polar surface area (TPSA) is 54.5 Å². The molecule has 0 aromatic heterocycles. The number of hydrogen-bond donors (Lipinski definition) is 0. The maximum atomic E-state index is 13.3. The Morgan fingerprint density at radius 2 is 1.88 bits per heavy atom. The van der Waals surface area contributed by atoms with E-state index < -0.39 is 20.9 Å². The van der Waals surface area contributed by atoms with Gasteiger partial charge in [0.1, 0.15) is 5.82 Å². The fourth-order valence-electron chi connectivity index (χ4n) is 3.04. The maximum Gasteiger partial charge on any atom is 0.253 e. The minimum absolute atomic E-state index is 0.0820. The molecule has 0 saturated carbocycles. The summed E-state index contributed by atoms with van der Waals surface area (Å²) < 4.78 is 38.7. The Morgan fingerprint density at radius 3 is 2.60 bits per heavy atom. The fourth-order valence-corrected chi connectivity index (χ4v) is 5.18. The molecule has 1 saturated heterocycles. The first kappa shape index (κ1) is 17.9. The second-order valence-corrected chi connectivity index (χ2v) is 8.68. The molecule has 132 valence electrons. The van der Waals surface area contributed by atoms with Gasteiger partial charge < -0.3 is 4.90 Å². The highest BCUT2D eigenvalue weighted by Gasteiger charge is 2.33. The molecule has 0 aliphatic carbocycles. The van der Waals surface area contributed by atoms with Gasteiger partial charge in [0.25, 0.3) is 5.91 Å². The van der Waals surface area contributed by atoms with E-state index in [4.69, 9.17) is 11.6 Å². The molecular weight excluding hydrogens is 365 g/mol. The molecule has 4 nitrogen and oxygen atoms in total. The third-order valence-corrected chi connectivity index (χ3v) is 6.80. The van der Waals surface area contributed by atoms with Gasteiger partial charge in [0.05, 0.1) is 11.0 Å². The molecule has 1 fully saturated rings. The lowest BCUT2D eigenvalue weighted by Crippen LogP contribution is -2.33. The van der Waals surface area contributed by atoms with Crippen molar-refractivity contribution in [1.29, 1.82) is 0 Å². The normalized spacial score (nSPS) is 20.1. The summed E-state index contributed by atoms with van der Waals surface area (Å²) in [5.41, 5.74) is 0.776. The molecule has 2 aromatic rings. The number of carbonyl (C=O) groups is 1. The van der Waals surface area contributed by atoms with Crippen molar-refractivity contribution in [3.8, 4) is 0 Å². The van der Waals surface area contributed by atoms with Crippen LogP contribution < -0.4 is 0 Å². The zero-order valence-electron chi connectivity index (χ0n) is 13.4. The molecule has 1 heterocycles. The van der Waals surface area contributed by atoms with Crippen LogP contribution >= 0.6 is 11.6 Å². The van der Waals surface area contributed by atoms with Gasteiger partial charge in [-0.05, 0) is 36.2 Å². The van der Waals surface area contributed by atoms with Crippen LogP contribution in [0.1, 0.15) is 27.6 Å². The minimum Gasteiger partial charge on any atom is -0.338 e. The number of rotatable bonds is 2. The highest BCUT2D eigenvalue weighted by atomic mass is 35.5. The molecule has 0 radical (unpaired) electrons. The van der Waals surface area contributed by atoms with E-state index in [1.165, 1.54) is 23.1 Å². The summed E-state index contributed by atoms with van der Waals surface area (Å²) in [6.07, 6.45) is 0.257. The second-order valence-electron chi connectivity index (χ2n) is 5.97. The number of nitrogens with zero attached hydrogens (tertiary/aromatic N) is 1. The van der Waals surface area contributed by atoms with Gasteiger partial charge in [0.15, 0.2) is 9.84 Å². The van der Waals surface area contributed by atoms with Crippen LogP contribution in [0.25, 0.3) is 0 Å². The third-order valence-electron chi connectivity index (χ3n) is 4.35. The molecule has 1 unspecified atom stereocenters. The van der Waals surface area contributed by atoms with Crippen molar-refractivity contribution in [3.05, 3.63) is 70.5 Å². The van der Waals surface area contributed by atoms with Crippen molar-refractivity contribution < 1.29 is 17.6 Å². The Morgan fingerprint density at radius 1 is 1.12 bits per heavy atom. The first-order chi connectivity index (χ1) is 11.9. The highest BCUT2D eigenvalue weighted by molar-refractivity contribution is 7.91. The van der Waals surface area contributed by atoms with Gasteiger partial charge >= 0.3 is 0 Å². The molecule has 0 bridgehead atoms. The van der Waals surface area contributed by atoms with Crippen molar-refractivity contribution in [1.82, 2.24) is 4.90 Å². The first-order valence-corrected chi connectivity index (χ1v) is 9.98. The lowest BCUT2D eigenvalue weighted by atomic mass is 10.1. The Labute approximate surface area is 151 Å². The summed E-state index contributed by atoms with van der Waals surface area (Å²) in [6.45, 7) is 0.350. The number of hydrogen-bond acceptors (Lipinski definition) is 3. The van der Waals surface area contributed by atoms with Crippen LogP contribution in [0, 0.1) is 5.82 Å². The Balaban J connectivity index is 1.85. The Kier molecular flexibility index (Phi) is 5.11. The van der Waals surface area contributed by atoms with Crippen LogP contribution in [0.2, 0.25) is 5.02 Å². The predicted octanol–water partition coefficient (Wildman–Crippen LogP) is 3.48. The van der Waals surface area contributed by atoms with Crippen LogP contribution in [0.15, 0.2) is 48.5 Å². The second kappa shape index (κ2) is 7.14. The number of carbonyl (C=O) groups excluding carboxylic acids is 1. The van der Waals surface area contributed by atoms with Crippen LogP contribution in [0.5, 0.6) is 0 Å². The summed E-state index contributed by atoms with van der Waals surface area (Å²) in [4.78, 5) is 14.0. The molecular formula is C18H17ClFNO3S. The van der Waals surface area contributed by atoms with E-state index in [0.29, 0.717) is 10.6 Å². The fraction of sp³-hybridized carbons (Fsp3) is 0.278. The smallest absolute Gasteiger partial charge is 0.253 e. The minimum atomic E-state index is -3.44. The van der Waals surface area contributed by atoms with Gasteiger partial charge in [-0.3, -0.25) is 4.79 Å². The van der Waals surface area contributed by atoms with Crippen molar-refractivity contribution in [2.45, 2.75) is 11.7 Å². The van der Waals surface area contributed by atoms with E-state index in [1.54, 1.807) is 24.3 Å². The van der Waals surface area contributed by atoms with E-state index in [9.17, 15) is 17.6 Å². The molecule has 1 aliphatic heterocycles. The number of benzene rings is 2. The molecule has 0 N–H and O–H groups in total. The Hall–Kier alpha value is -1.92. The highest BCUT2D eigenvalue weighted by Crippen LogP contribution is 2.34. The van der Waals surface area contributed by atoms with Crippen molar-refractivity contribution >= 4 is 27.3 Å². The standard InChI is InChI=1S/C18H17ClFNO3S/c19-16-7-2-1-6-15(16)17-8-9-21(10-11-25(17,23)24)18(22)13-4-3-5-14(20)12-13/h1-7,12,17H,8-11H2. The van der Waals surface area contributed by atoms with Gasteiger partial charge in [-0.2, -0.15) is 0 Å². The summed E-state index contributed by atoms with van der Waals surface area (Å²) >= 11 is 6.16. The van der Waals surface area contributed by atoms with Crippen molar-refractivity contribution in [2.24, 2.45) is 0 Å².